The predicted octanol–water partition coefficient (Wildman–Crippen LogP) is -3.03. The Hall–Kier alpha value is -8.97. The number of hydrogen-bond donors (Lipinski definition) is 17. The van der Waals surface area contributed by atoms with Crippen LogP contribution in [-0.2, 0) is 64.0 Å². The molecule has 0 unspecified atom stereocenters. The molecule has 0 saturated heterocycles. The third kappa shape index (κ3) is 25.6. The normalized spacial score (nSPS) is 23.9. The van der Waals surface area contributed by atoms with Gasteiger partial charge in [-0.1, -0.05) is 53.7 Å². The highest BCUT2D eigenvalue weighted by Crippen LogP contribution is 2.23. The SMILES string of the molecule is COc1ccc2cc1C(=O)NNC(=O)[C@@H](N)CCCNC(=O)[C@H](Cc1ccc(O)cc1)NC(=O)[C@H](C(C)C)NC(=O)[C@H](C)NC(=O)[C@H](CCC(N)=O)NC(=O)[C@H](C(C)C)NC(=O)[C@@H](N)CCCNC(=O)[C@H](CC(C)C)NC(=O)[C@H](CCCCN)NC(=O)C(=O)N2. The van der Waals surface area contributed by atoms with Gasteiger partial charge >= 0.3 is 11.8 Å². The van der Waals surface area contributed by atoms with Gasteiger partial charge in [0.1, 0.15) is 53.8 Å². The van der Waals surface area contributed by atoms with Crippen molar-refractivity contribution in [2.24, 2.45) is 40.7 Å². The number of carbonyl (C=O) groups is 13. The Bertz CT molecular complexity index is 2840. The fraction of sp³-hybridized carbons (Fsp3) is 0.576. The van der Waals surface area contributed by atoms with Gasteiger partial charge < -0.3 is 85.9 Å². The Morgan fingerprint density at radius 3 is 1.67 bits per heavy atom. The van der Waals surface area contributed by atoms with Crippen molar-refractivity contribution in [2.45, 2.75) is 173 Å². The van der Waals surface area contributed by atoms with E-state index in [9.17, 15) is 67.4 Å². The molecule has 0 aromatic heterocycles. The highest BCUT2D eigenvalue weighted by molar-refractivity contribution is 6.40. The quantitative estimate of drug-likeness (QED) is 0.0661. The van der Waals surface area contributed by atoms with Gasteiger partial charge in [0, 0.05) is 31.6 Å². The zero-order valence-corrected chi connectivity index (χ0v) is 52.3. The van der Waals surface area contributed by atoms with Crippen LogP contribution in [-0.4, -0.2) is 163 Å². The van der Waals surface area contributed by atoms with E-state index in [1.54, 1.807) is 27.7 Å². The summed E-state index contributed by atoms with van der Waals surface area (Å²) in [5.41, 5.74) is 28.2. The van der Waals surface area contributed by atoms with Crippen LogP contribution in [0.15, 0.2) is 42.5 Å². The minimum absolute atomic E-state index is 0.00582. The van der Waals surface area contributed by atoms with E-state index in [1.165, 1.54) is 50.4 Å². The summed E-state index contributed by atoms with van der Waals surface area (Å²) in [7, 11) is 1.26. The molecule has 31 nitrogen and oxygen atoms in total. The van der Waals surface area contributed by atoms with Crippen LogP contribution >= 0.6 is 0 Å². The first-order valence-corrected chi connectivity index (χ1v) is 30.0. The molecule has 2 bridgehead atoms. The Morgan fingerprint density at radius 1 is 0.578 bits per heavy atom. The minimum Gasteiger partial charge on any atom is -0.508 e. The maximum atomic E-state index is 14.1. The molecule has 13 amide bonds. The first-order valence-electron chi connectivity index (χ1n) is 30.0. The number of amides is 13. The number of ether oxygens (including phenoxy) is 1. The van der Waals surface area contributed by atoms with E-state index < -0.39 is 143 Å². The van der Waals surface area contributed by atoms with E-state index in [4.69, 9.17) is 27.7 Å². The van der Waals surface area contributed by atoms with E-state index in [1.807, 2.05) is 13.8 Å². The molecule has 0 radical (unpaired) electrons. The van der Waals surface area contributed by atoms with Crippen LogP contribution in [0.1, 0.15) is 129 Å². The number of rotatable bonds is 14. The number of phenols is 1. The number of benzene rings is 2. The van der Waals surface area contributed by atoms with Crippen LogP contribution in [0, 0.1) is 17.8 Å². The molecule has 21 N–H and O–H groups in total. The summed E-state index contributed by atoms with van der Waals surface area (Å²) >= 11 is 0. The smallest absolute Gasteiger partial charge is 0.313 e. The molecule has 1 heterocycles. The molecule has 1 aliphatic heterocycles. The predicted molar refractivity (Wildman–Crippen MR) is 329 cm³/mol. The van der Waals surface area contributed by atoms with E-state index in [0.29, 0.717) is 18.4 Å². The molecule has 1 aliphatic rings. The van der Waals surface area contributed by atoms with Crippen LogP contribution in [0.3, 0.4) is 0 Å². The summed E-state index contributed by atoms with van der Waals surface area (Å²) in [6.45, 7) is 11.6. The van der Waals surface area contributed by atoms with Crippen molar-refractivity contribution in [2.75, 3.05) is 32.1 Å². The number of fused-ring (bicyclic) bond motifs is 2. The summed E-state index contributed by atoms with van der Waals surface area (Å²) in [5, 5.41) is 35.7. The number of unbranched alkanes of at least 4 members (excludes halogenated alkanes) is 1. The van der Waals surface area contributed by atoms with Crippen molar-refractivity contribution in [3.63, 3.8) is 0 Å². The Balaban J connectivity index is 1.98. The first-order chi connectivity index (χ1) is 42.5. The topological polar surface area (TPSA) is 500 Å². The van der Waals surface area contributed by atoms with E-state index in [0.717, 1.165) is 6.07 Å². The molecule has 90 heavy (non-hydrogen) atoms. The maximum absolute atomic E-state index is 14.1. The van der Waals surface area contributed by atoms with Gasteiger partial charge in [-0.3, -0.25) is 73.2 Å². The lowest BCUT2D eigenvalue weighted by atomic mass is 10.00. The zero-order chi connectivity index (χ0) is 67.4. The number of carbonyl (C=O) groups excluding carboxylic acids is 13. The zero-order valence-electron chi connectivity index (χ0n) is 52.3. The highest BCUT2D eigenvalue weighted by Gasteiger charge is 2.35. The van der Waals surface area contributed by atoms with Crippen LogP contribution < -0.4 is 91.7 Å². The fourth-order valence-corrected chi connectivity index (χ4v) is 9.11. The van der Waals surface area contributed by atoms with Gasteiger partial charge in [-0.2, -0.15) is 0 Å². The molecule has 2 aromatic carbocycles. The van der Waals surface area contributed by atoms with E-state index in [2.05, 4.69) is 64.0 Å². The Labute approximate surface area is 523 Å². The van der Waals surface area contributed by atoms with Gasteiger partial charge in [0.2, 0.25) is 53.2 Å². The van der Waals surface area contributed by atoms with Crippen LogP contribution in [0.5, 0.6) is 11.5 Å². The number of anilines is 1. The molecular weight excluding hydrogens is 1170 g/mol. The summed E-state index contributed by atoms with van der Waals surface area (Å²) < 4.78 is 5.32. The molecule has 31 heteroatoms. The number of methoxy groups -OCH3 is 1. The third-order valence-electron chi connectivity index (χ3n) is 14.3. The molecule has 2 aromatic rings. The van der Waals surface area contributed by atoms with Gasteiger partial charge in [-0.15, -0.1) is 0 Å². The van der Waals surface area contributed by atoms with E-state index in [-0.39, 0.29) is 106 Å². The number of hydrazine groups is 1. The second kappa shape index (κ2) is 37.8. The van der Waals surface area contributed by atoms with Crippen LogP contribution in [0.25, 0.3) is 0 Å². The van der Waals surface area contributed by atoms with Gasteiger partial charge in [0.05, 0.1) is 24.8 Å². The van der Waals surface area contributed by atoms with Gasteiger partial charge in [0.25, 0.3) is 11.8 Å². The monoisotopic (exact) mass is 1260 g/mol. The third-order valence-corrected chi connectivity index (χ3v) is 14.3. The lowest BCUT2D eigenvalue weighted by Gasteiger charge is -2.28. The average molecular weight is 1270 g/mol. The van der Waals surface area contributed by atoms with E-state index >= 15 is 0 Å². The second-order valence-corrected chi connectivity index (χ2v) is 23.1. The lowest BCUT2D eigenvalue weighted by Crippen LogP contribution is -2.60. The largest absolute Gasteiger partial charge is 0.508 e. The number of aromatic hydroxyl groups is 1. The molecule has 0 fully saturated rings. The summed E-state index contributed by atoms with van der Waals surface area (Å²) in [5.74, 6) is -12.7. The first kappa shape index (κ1) is 75.3. The van der Waals surface area contributed by atoms with Crippen molar-refractivity contribution < 1.29 is 72.2 Å². The minimum atomic E-state index is -1.48. The Morgan fingerprint density at radius 2 is 1.11 bits per heavy atom. The molecular formula is C59H92N16O15. The standard InChI is InChI=1S/C59H92N16O15/c1-30(2)27-42-52(82)64-25-11-13-38(61)50(80)73-47(32(5)6)56(86)68-41(21-23-45(63)77)54(84)66-33(7)48(78)72-46(31(3)4)57(87)71-43(28-34-16-19-36(76)20-17-34)53(83)65-26-12-14-39(62)51(81)75-74-49(79)37-29-35(18-22-44(37)90-8)67-58(88)59(89)69-40(55(85)70-42)15-9-10-24-60/h16-20,22,29-33,38-43,46-47,76H,9-15,21,23-28,60-62H2,1-8H3,(H2,63,77)(H,64,82)(H,65,83)(H,66,84)(H,67,88)(H,68,86)(H,69,89)(H,70,85)(H,71,87)(H,72,78)(H,73,80)(H,74,79)(H,75,81)/t33-,38-,39-,40-,41-,42-,43-,46-,47-/m0/s1. The van der Waals surface area contributed by atoms with Crippen molar-refractivity contribution >= 4 is 82.5 Å². The average Bonchev–Trinajstić information content (AvgIpc) is 1.07. The van der Waals surface area contributed by atoms with Crippen LogP contribution in [0.4, 0.5) is 5.69 Å². The number of hydrogen-bond acceptors (Lipinski definition) is 18. The van der Waals surface area contributed by atoms with Gasteiger partial charge in [-0.25, -0.2) is 0 Å². The molecule has 0 aliphatic carbocycles. The number of nitrogens with one attached hydrogen (secondary N) is 12. The molecule has 498 valence electrons. The molecule has 3 rings (SSSR count). The molecule has 0 spiro atoms. The fourth-order valence-electron chi connectivity index (χ4n) is 9.11. The van der Waals surface area contributed by atoms with Crippen molar-refractivity contribution in [1.82, 2.24) is 58.7 Å². The highest BCUT2D eigenvalue weighted by atomic mass is 16.5. The molecule has 9 atom stereocenters. The number of nitrogens with two attached hydrogens (primary N) is 4. The molecule has 0 saturated carbocycles. The summed E-state index contributed by atoms with van der Waals surface area (Å²) in [4.78, 5) is 176. The van der Waals surface area contributed by atoms with Crippen molar-refractivity contribution in [3.05, 3.63) is 53.6 Å². The van der Waals surface area contributed by atoms with Crippen molar-refractivity contribution in [1.29, 1.82) is 0 Å². The van der Waals surface area contributed by atoms with Gasteiger partial charge in [0.15, 0.2) is 0 Å². The van der Waals surface area contributed by atoms with Crippen molar-refractivity contribution in [3.8, 4) is 11.5 Å². The van der Waals surface area contributed by atoms with Gasteiger partial charge in [-0.05, 0) is 125 Å². The summed E-state index contributed by atoms with van der Waals surface area (Å²) in [6, 6.07) is -1.98. The van der Waals surface area contributed by atoms with Crippen LogP contribution in [0.2, 0.25) is 0 Å². The second-order valence-electron chi connectivity index (χ2n) is 23.1. The maximum Gasteiger partial charge on any atom is 0.313 e. The number of phenolic OH excluding ortho intramolecular Hbond substituents is 1. The Kier molecular flexibility index (Phi) is 31.6. The summed E-state index contributed by atoms with van der Waals surface area (Å²) in [6.07, 6.45) is 0.356. The number of primary amides is 1. The lowest BCUT2D eigenvalue weighted by molar-refractivity contribution is -0.138.